The summed E-state index contributed by atoms with van der Waals surface area (Å²) in [6.45, 7) is 0. The summed E-state index contributed by atoms with van der Waals surface area (Å²) in [7, 11) is 0. The monoisotopic (exact) mass is 302 g/mol. The highest BCUT2D eigenvalue weighted by atomic mass is 35.6. The van der Waals surface area contributed by atoms with Gasteiger partial charge in [-0.15, -0.1) is 10.2 Å². The Morgan fingerprint density at radius 2 is 1.78 bits per heavy atom. The summed E-state index contributed by atoms with van der Waals surface area (Å²) >= 11 is 16.9. The molecule has 0 aliphatic carbocycles. The molecule has 0 aliphatic rings. The van der Waals surface area contributed by atoms with Crippen molar-refractivity contribution in [1.29, 1.82) is 0 Å². The van der Waals surface area contributed by atoms with Crippen molar-refractivity contribution in [1.82, 2.24) is 10.2 Å². The fraction of sp³-hybridized carbons (Fsp3) is 0.0909. The van der Waals surface area contributed by atoms with Gasteiger partial charge in [0, 0.05) is 5.39 Å². The molecule has 2 aromatic heterocycles. The largest absolute Gasteiger partial charge is 0.451 e. The van der Waals surface area contributed by atoms with Gasteiger partial charge in [-0.05, 0) is 12.1 Å². The highest BCUT2D eigenvalue weighted by Gasteiger charge is 2.31. The van der Waals surface area contributed by atoms with E-state index in [1.54, 1.807) is 6.07 Å². The first-order valence-corrected chi connectivity index (χ1v) is 6.07. The fourth-order valence-corrected chi connectivity index (χ4v) is 1.75. The van der Waals surface area contributed by atoms with Crippen molar-refractivity contribution in [3.63, 3.8) is 0 Å². The molecular weight excluding hydrogens is 298 g/mol. The summed E-state index contributed by atoms with van der Waals surface area (Å²) < 4.78 is 9.07. The average Bonchev–Trinajstić information content (AvgIpc) is 2.94. The minimum Gasteiger partial charge on any atom is -0.451 e. The number of furan rings is 1. The summed E-state index contributed by atoms with van der Waals surface area (Å²) in [6, 6.07) is 9.31. The molecule has 0 amide bonds. The van der Waals surface area contributed by atoms with E-state index in [9.17, 15) is 0 Å². The molecule has 0 saturated heterocycles. The molecule has 3 aromatic rings. The smallest absolute Gasteiger partial charge is 0.283 e. The second kappa shape index (κ2) is 4.16. The Labute approximate surface area is 116 Å². The van der Waals surface area contributed by atoms with E-state index in [0.717, 1.165) is 11.0 Å². The van der Waals surface area contributed by atoms with Crippen LogP contribution in [0.5, 0.6) is 0 Å². The maximum absolute atomic E-state index is 5.64. The molecule has 3 rings (SSSR count). The highest BCUT2D eigenvalue weighted by molar-refractivity contribution is 6.66. The molecule has 1 aromatic carbocycles. The third kappa shape index (κ3) is 2.07. The minimum absolute atomic E-state index is 0.0945. The van der Waals surface area contributed by atoms with Gasteiger partial charge in [0.05, 0.1) is 0 Å². The first kappa shape index (κ1) is 11.8. The van der Waals surface area contributed by atoms with Crippen LogP contribution in [0, 0.1) is 0 Å². The molecule has 0 fully saturated rings. The maximum Gasteiger partial charge on any atom is 0.283 e. The molecule has 92 valence electrons. The van der Waals surface area contributed by atoms with E-state index in [4.69, 9.17) is 43.6 Å². The van der Waals surface area contributed by atoms with Gasteiger partial charge in [0.15, 0.2) is 5.76 Å². The van der Waals surface area contributed by atoms with Crippen LogP contribution >= 0.6 is 34.8 Å². The third-order valence-electron chi connectivity index (χ3n) is 2.30. The normalized spacial score (nSPS) is 12.2. The van der Waals surface area contributed by atoms with Crippen molar-refractivity contribution < 1.29 is 8.83 Å². The van der Waals surface area contributed by atoms with Crippen LogP contribution in [-0.2, 0) is 3.79 Å². The van der Waals surface area contributed by atoms with E-state index in [1.165, 1.54) is 0 Å². The van der Waals surface area contributed by atoms with Crippen LogP contribution in [-0.4, -0.2) is 10.2 Å². The van der Waals surface area contributed by atoms with Crippen LogP contribution in [0.1, 0.15) is 5.89 Å². The summed E-state index contributed by atoms with van der Waals surface area (Å²) in [5, 5.41) is 8.38. The third-order valence-corrected chi connectivity index (χ3v) is 2.79. The molecule has 0 bridgehead atoms. The molecule has 0 aliphatic heterocycles. The maximum atomic E-state index is 5.64. The minimum atomic E-state index is -1.74. The van der Waals surface area contributed by atoms with E-state index in [0.29, 0.717) is 5.76 Å². The zero-order valence-corrected chi connectivity index (χ0v) is 11.0. The van der Waals surface area contributed by atoms with Gasteiger partial charge in [-0.3, -0.25) is 0 Å². The number of fused-ring (bicyclic) bond motifs is 1. The summed E-state index contributed by atoms with van der Waals surface area (Å²) in [5.74, 6) is 0.514. The zero-order valence-electron chi connectivity index (χ0n) is 8.73. The number of rotatable bonds is 1. The first-order valence-electron chi connectivity index (χ1n) is 4.94. The number of nitrogens with zero attached hydrogens (tertiary/aromatic N) is 2. The molecule has 0 radical (unpaired) electrons. The van der Waals surface area contributed by atoms with E-state index < -0.39 is 3.79 Å². The standard InChI is InChI=1S/C11H5Cl3N2O2/c12-11(13,14)10-16-15-9(18-10)8-5-6-3-1-2-4-7(6)17-8/h1-5H. The Hall–Kier alpha value is -1.23. The Balaban J connectivity index is 2.06. The predicted molar refractivity (Wildman–Crippen MR) is 68.7 cm³/mol. The van der Waals surface area contributed by atoms with Gasteiger partial charge in [0.25, 0.3) is 15.6 Å². The molecule has 7 heteroatoms. The number of hydrogen-bond acceptors (Lipinski definition) is 4. The van der Waals surface area contributed by atoms with Crippen molar-refractivity contribution in [2.45, 2.75) is 3.79 Å². The first-order chi connectivity index (χ1) is 8.54. The van der Waals surface area contributed by atoms with Crippen LogP contribution in [0.2, 0.25) is 0 Å². The molecule has 0 unspecified atom stereocenters. The lowest BCUT2D eigenvalue weighted by molar-refractivity contribution is 0.493. The second-order valence-electron chi connectivity index (χ2n) is 3.56. The quantitative estimate of drug-likeness (QED) is 0.629. The van der Waals surface area contributed by atoms with Crippen LogP contribution in [0.15, 0.2) is 39.2 Å². The number of aromatic nitrogens is 2. The number of benzene rings is 1. The van der Waals surface area contributed by atoms with Crippen molar-refractivity contribution >= 4 is 45.8 Å². The van der Waals surface area contributed by atoms with Gasteiger partial charge < -0.3 is 8.83 Å². The van der Waals surface area contributed by atoms with Crippen molar-refractivity contribution in [2.24, 2.45) is 0 Å². The van der Waals surface area contributed by atoms with Crippen molar-refractivity contribution in [3.05, 3.63) is 36.2 Å². The Morgan fingerprint density at radius 1 is 1.00 bits per heavy atom. The molecular formula is C11H5Cl3N2O2. The summed E-state index contributed by atoms with van der Waals surface area (Å²) in [5.41, 5.74) is 0.723. The number of alkyl halides is 3. The lowest BCUT2D eigenvalue weighted by Gasteiger charge is -2.01. The van der Waals surface area contributed by atoms with Crippen molar-refractivity contribution in [2.75, 3.05) is 0 Å². The molecule has 4 nitrogen and oxygen atoms in total. The lowest BCUT2D eigenvalue weighted by Crippen LogP contribution is -1.99. The van der Waals surface area contributed by atoms with Gasteiger partial charge in [0.1, 0.15) is 5.58 Å². The predicted octanol–water partition coefficient (Wildman–Crippen LogP) is 4.31. The molecule has 0 saturated carbocycles. The van der Waals surface area contributed by atoms with Crippen molar-refractivity contribution in [3.8, 4) is 11.7 Å². The zero-order chi connectivity index (χ0) is 12.8. The molecule has 0 N–H and O–H groups in total. The van der Waals surface area contributed by atoms with Gasteiger partial charge in [0.2, 0.25) is 0 Å². The van der Waals surface area contributed by atoms with E-state index in [1.807, 2.05) is 24.3 Å². The average molecular weight is 304 g/mol. The summed E-state index contributed by atoms with van der Waals surface area (Å²) in [4.78, 5) is 0. The highest BCUT2D eigenvalue weighted by Crippen LogP contribution is 2.38. The SMILES string of the molecule is ClC(Cl)(Cl)c1nnc(-c2cc3ccccc3o2)o1. The molecule has 0 spiro atoms. The van der Waals surface area contributed by atoms with Crippen LogP contribution in [0.4, 0.5) is 0 Å². The van der Waals surface area contributed by atoms with Gasteiger partial charge in [-0.25, -0.2) is 0 Å². The van der Waals surface area contributed by atoms with Gasteiger partial charge in [-0.2, -0.15) is 0 Å². The Bertz CT molecular complexity index is 666. The lowest BCUT2D eigenvalue weighted by atomic mass is 10.2. The second-order valence-corrected chi connectivity index (χ2v) is 5.84. The molecule has 0 atom stereocenters. The number of para-hydroxylation sites is 1. The fourth-order valence-electron chi connectivity index (χ4n) is 1.52. The molecule has 2 heterocycles. The number of hydrogen-bond donors (Lipinski definition) is 0. The van der Waals surface area contributed by atoms with E-state index in [-0.39, 0.29) is 11.8 Å². The molecule has 18 heavy (non-hydrogen) atoms. The number of halogens is 3. The van der Waals surface area contributed by atoms with Crippen LogP contribution in [0.3, 0.4) is 0 Å². The van der Waals surface area contributed by atoms with Gasteiger partial charge in [-0.1, -0.05) is 53.0 Å². The Kier molecular flexibility index (Phi) is 2.73. The topological polar surface area (TPSA) is 52.1 Å². The van der Waals surface area contributed by atoms with E-state index in [2.05, 4.69) is 10.2 Å². The Morgan fingerprint density at radius 3 is 2.44 bits per heavy atom. The van der Waals surface area contributed by atoms with E-state index >= 15 is 0 Å². The van der Waals surface area contributed by atoms with Crippen LogP contribution in [0.25, 0.3) is 22.6 Å². The van der Waals surface area contributed by atoms with Gasteiger partial charge >= 0.3 is 0 Å². The van der Waals surface area contributed by atoms with Crippen LogP contribution < -0.4 is 0 Å². The summed E-state index contributed by atoms with van der Waals surface area (Å²) in [6.07, 6.45) is 0.